The van der Waals surface area contributed by atoms with Crippen molar-refractivity contribution < 1.29 is 14.0 Å². The molecule has 1 saturated heterocycles. The van der Waals surface area contributed by atoms with Gasteiger partial charge >= 0.3 is 6.09 Å². The summed E-state index contributed by atoms with van der Waals surface area (Å²) in [4.78, 5) is 27.3. The van der Waals surface area contributed by atoms with Gasteiger partial charge in [0, 0.05) is 31.2 Å². The fourth-order valence-corrected chi connectivity index (χ4v) is 7.77. The minimum Gasteiger partial charge on any atom is -0.543 e. The van der Waals surface area contributed by atoms with Gasteiger partial charge in [0.05, 0.1) is 5.69 Å². The van der Waals surface area contributed by atoms with E-state index >= 15 is 0 Å². The van der Waals surface area contributed by atoms with Crippen molar-refractivity contribution >= 4 is 42.8 Å². The lowest BCUT2D eigenvalue weighted by atomic mass is 9.74. The molecule has 0 spiro atoms. The minimum atomic E-state index is -2.01. The summed E-state index contributed by atoms with van der Waals surface area (Å²) in [6.07, 6.45) is 3.57. The maximum absolute atomic E-state index is 12.8. The van der Waals surface area contributed by atoms with E-state index < -0.39 is 13.9 Å². The van der Waals surface area contributed by atoms with Crippen LogP contribution in [0.5, 0.6) is 5.75 Å². The number of fused-ring (bicyclic) bond motifs is 2. The van der Waals surface area contributed by atoms with Crippen molar-refractivity contribution in [2.45, 2.75) is 109 Å². The molecule has 1 aliphatic heterocycles. The van der Waals surface area contributed by atoms with Crippen molar-refractivity contribution in [2.75, 3.05) is 30.8 Å². The second-order valence-corrected chi connectivity index (χ2v) is 21.0. The Bertz CT molecular complexity index is 1560. The number of carbonyl (C=O) groups is 1. The number of benzene rings is 2. The number of piperazine rings is 1. The maximum Gasteiger partial charge on any atom is 0.410 e. The van der Waals surface area contributed by atoms with E-state index in [1.165, 1.54) is 21.9 Å². The smallest absolute Gasteiger partial charge is 0.410 e. The number of anilines is 1. The summed E-state index contributed by atoms with van der Waals surface area (Å²) in [6.45, 7) is 23.7. The highest BCUT2D eigenvalue weighted by Gasteiger charge is 2.40. The van der Waals surface area contributed by atoms with E-state index in [9.17, 15) is 4.79 Å². The number of amides is 1. The van der Waals surface area contributed by atoms with Crippen LogP contribution < -0.4 is 9.33 Å². The lowest BCUT2D eigenvalue weighted by Crippen LogP contribution is -2.55. The monoisotopic (exact) mass is 648 g/mol. The van der Waals surface area contributed by atoms with Gasteiger partial charge in [0.25, 0.3) is 0 Å². The number of thioether (sulfide) groups is 1. The van der Waals surface area contributed by atoms with Gasteiger partial charge in [-0.15, -0.1) is 0 Å². The summed E-state index contributed by atoms with van der Waals surface area (Å²) < 4.78 is 12.6. The third-order valence-electron chi connectivity index (χ3n) is 9.86. The Hall–Kier alpha value is -2.78. The number of nitrogens with zero attached hydrogens (tertiary/aromatic N) is 4. The van der Waals surface area contributed by atoms with Crippen molar-refractivity contribution in [1.82, 2.24) is 14.9 Å². The average Bonchev–Trinajstić information content (AvgIpc) is 2.94. The van der Waals surface area contributed by atoms with Gasteiger partial charge < -0.3 is 19.0 Å². The highest BCUT2D eigenvalue weighted by molar-refractivity contribution is 7.98. The van der Waals surface area contributed by atoms with Crippen molar-refractivity contribution in [2.24, 2.45) is 5.92 Å². The fraction of sp³-hybridized carbons (Fsp3) is 0.583. The van der Waals surface area contributed by atoms with Crippen molar-refractivity contribution in [3.63, 3.8) is 0 Å². The zero-order valence-electron chi connectivity index (χ0n) is 29.2. The number of hydrogen-bond donors (Lipinski definition) is 0. The molecule has 0 saturated carbocycles. The molecular weight excluding hydrogens is 597 g/mol. The quantitative estimate of drug-likeness (QED) is 0.156. The molecule has 1 aromatic heterocycles. The lowest BCUT2D eigenvalue weighted by Gasteiger charge is -2.42. The molecule has 7 nitrogen and oxygen atoms in total. The molecule has 2 aromatic carbocycles. The molecular formula is C36H52N4O3SSi. The van der Waals surface area contributed by atoms with Gasteiger partial charge in [-0.25, -0.2) is 14.8 Å². The molecule has 0 bridgehead atoms. The first-order valence-corrected chi connectivity index (χ1v) is 20.5. The van der Waals surface area contributed by atoms with Crippen LogP contribution >= 0.6 is 11.8 Å². The van der Waals surface area contributed by atoms with Gasteiger partial charge in [0.2, 0.25) is 8.32 Å². The molecule has 1 fully saturated rings. The van der Waals surface area contributed by atoms with Crippen LogP contribution in [0.4, 0.5) is 10.6 Å². The van der Waals surface area contributed by atoms with Crippen LogP contribution in [0.2, 0.25) is 18.1 Å². The summed E-state index contributed by atoms with van der Waals surface area (Å²) in [7, 11) is -2.01. The molecule has 1 aliphatic carbocycles. The number of rotatable bonds is 5. The van der Waals surface area contributed by atoms with Gasteiger partial charge in [-0.05, 0) is 105 Å². The maximum atomic E-state index is 12.8. The van der Waals surface area contributed by atoms with E-state index in [1.807, 2.05) is 31.9 Å². The Balaban J connectivity index is 1.48. The molecule has 244 valence electrons. The summed E-state index contributed by atoms with van der Waals surface area (Å²) in [6, 6.07) is 13.4. The first kappa shape index (κ1) is 33.6. The van der Waals surface area contributed by atoms with Crippen molar-refractivity contribution in [3.05, 3.63) is 53.2 Å². The third kappa shape index (κ3) is 7.14. The topological polar surface area (TPSA) is 67.8 Å². The Kier molecular flexibility index (Phi) is 9.28. The lowest BCUT2D eigenvalue weighted by molar-refractivity contribution is 0.0218. The van der Waals surface area contributed by atoms with Crippen LogP contribution in [0.3, 0.4) is 0 Å². The minimum absolute atomic E-state index is 0.112. The molecule has 0 radical (unpaired) electrons. The normalized spacial score (nSPS) is 21.1. The average molecular weight is 649 g/mol. The second-order valence-electron chi connectivity index (χ2n) is 15.5. The Morgan fingerprint density at radius 2 is 1.71 bits per heavy atom. The van der Waals surface area contributed by atoms with E-state index in [4.69, 9.17) is 19.1 Å². The number of ether oxygens (including phenoxy) is 1. The molecule has 3 atom stereocenters. The predicted octanol–water partition coefficient (Wildman–Crippen LogP) is 8.70. The molecule has 5 rings (SSSR count). The van der Waals surface area contributed by atoms with Crippen LogP contribution in [0, 0.1) is 5.92 Å². The highest BCUT2D eigenvalue weighted by Crippen LogP contribution is 2.45. The van der Waals surface area contributed by atoms with Crippen molar-refractivity contribution in [1.29, 1.82) is 0 Å². The molecule has 45 heavy (non-hydrogen) atoms. The van der Waals surface area contributed by atoms with E-state index in [2.05, 4.69) is 89.0 Å². The molecule has 0 N–H and O–H groups in total. The highest BCUT2D eigenvalue weighted by atomic mass is 32.2. The molecule has 2 heterocycles. The Morgan fingerprint density at radius 3 is 2.36 bits per heavy atom. The Morgan fingerprint density at radius 1 is 1.00 bits per heavy atom. The zero-order valence-corrected chi connectivity index (χ0v) is 31.0. The van der Waals surface area contributed by atoms with Gasteiger partial charge in [-0.1, -0.05) is 63.7 Å². The number of hydrogen-bond acceptors (Lipinski definition) is 7. The molecule has 3 aromatic rings. The van der Waals surface area contributed by atoms with E-state index in [0.29, 0.717) is 31.5 Å². The predicted molar refractivity (Wildman–Crippen MR) is 190 cm³/mol. The van der Waals surface area contributed by atoms with E-state index in [-0.39, 0.29) is 17.2 Å². The van der Waals surface area contributed by atoms with E-state index in [1.54, 1.807) is 11.8 Å². The van der Waals surface area contributed by atoms with Crippen LogP contribution in [0.1, 0.15) is 78.1 Å². The van der Waals surface area contributed by atoms with E-state index in [0.717, 1.165) is 35.3 Å². The van der Waals surface area contributed by atoms with Crippen LogP contribution in [-0.4, -0.2) is 66.8 Å². The van der Waals surface area contributed by atoms with Crippen molar-refractivity contribution in [3.8, 4) is 5.75 Å². The standard InChI is InChI=1S/C36H52N4O3SSi/c1-23-18-30-31(37-33(44-9)38-32(30)40-17-16-39(22-24(40)2)34(41)42-35(3,4)5)21-28(23)29-20-26(43-45(10,11)36(6,7)8)19-25-14-12-13-15-27(25)29/h12-15,19-20,23-24,28H,16-18,21-22H2,1-11H3/t23?,24-,28?/m0/s1. The molecule has 9 heteroatoms. The van der Waals surface area contributed by atoms with Gasteiger partial charge in [0.15, 0.2) is 5.16 Å². The third-order valence-corrected chi connectivity index (χ3v) is 14.8. The molecule has 2 unspecified atom stereocenters. The first-order valence-electron chi connectivity index (χ1n) is 16.4. The second kappa shape index (κ2) is 12.4. The molecule has 1 amide bonds. The summed E-state index contributed by atoms with van der Waals surface area (Å²) >= 11 is 1.60. The number of aromatic nitrogens is 2. The largest absolute Gasteiger partial charge is 0.543 e. The fourth-order valence-electron chi connectivity index (χ4n) is 6.38. The Labute approximate surface area is 275 Å². The SMILES string of the molecule is CSc1nc2c(c(N3CCN(C(=O)OC(C)(C)C)C[C@@H]3C)n1)CC(C)C(c1cc(O[Si](C)(C)C(C)(C)C)cc3ccccc13)C2. The van der Waals surface area contributed by atoms with Gasteiger partial charge in [-0.2, -0.15) is 0 Å². The number of carbonyl (C=O) groups excluding carboxylic acids is 1. The first-order chi connectivity index (χ1) is 21.0. The van der Waals surface area contributed by atoms with Crippen LogP contribution in [0.15, 0.2) is 41.6 Å². The molecule has 2 aliphatic rings. The zero-order chi connectivity index (χ0) is 32.9. The van der Waals surface area contributed by atoms with Crippen LogP contribution in [0.25, 0.3) is 10.8 Å². The summed E-state index contributed by atoms with van der Waals surface area (Å²) in [5.74, 6) is 2.72. The van der Waals surface area contributed by atoms with Gasteiger partial charge in [0.1, 0.15) is 17.2 Å². The summed E-state index contributed by atoms with van der Waals surface area (Å²) in [5, 5.41) is 3.45. The van der Waals surface area contributed by atoms with Crippen LogP contribution in [-0.2, 0) is 17.6 Å². The summed E-state index contributed by atoms with van der Waals surface area (Å²) in [5.41, 5.74) is 3.25. The van der Waals surface area contributed by atoms with Gasteiger partial charge in [-0.3, -0.25) is 0 Å².